The Balaban J connectivity index is 1.47. The zero-order valence-electron chi connectivity index (χ0n) is 17.8. The third-order valence-electron chi connectivity index (χ3n) is 5.97. The number of likely N-dealkylation sites (tertiary alicyclic amines) is 2. The minimum Gasteiger partial charge on any atom is -0.376 e. The highest BCUT2D eigenvalue weighted by Crippen LogP contribution is 2.18. The van der Waals surface area contributed by atoms with E-state index in [9.17, 15) is 0 Å². The van der Waals surface area contributed by atoms with Crippen LogP contribution in [0, 0.1) is 5.92 Å². The summed E-state index contributed by atoms with van der Waals surface area (Å²) in [6.45, 7) is 12.4. The summed E-state index contributed by atoms with van der Waals surface area (Å²) < 4.78 is 5.98. The van der Waals surface area contributed by atoms with E-state index in [-0.39, 0.29) is 0 Å². The molecule has 0 aromatic heterocycles. The van der Waals surface area contributed by atoms with Crippen LogP contribution in [0.15, 0.2) is 35.3 Å². The van der Waals surface area contributed by atoms with Crippen molar-refractivity contribution in [3.63, 3.8) is 0 Å². The van der Waals surface area contributed by atoms with Gasteiger partial charge in [-0.3, -0.25) is 9.89 Å². The molecular formula is C23H38N4O. The lowest BCUT2D eigenvalue weighted by Crippen LogP contribution is -2.42. The van der Waals surface area contributed by atoms with Gasteiger partial charge in [0, 0.05) is 31.6 Å². The van der Waals surface area contributed by atoms with E-state index in [1.165, 1.54) is 44.3 Å². The number of hydrogen-bond acceptors (Lipinski definition) is 3. The van der Waals surface area contributed by atoms with E-state index in [0.717, 1.165) is 38.7 Å². The van der Waals surface area contributed by atoms with Gasteiger partial charge in [0.05, 0.1) is 19.8 Å². The zero-order chi connectivity index (χ0) is 19.6. The molecule has 0 bridgehead atoms. The van der Waals surface area contributed by atoms with E-state index in [4.69, 9.17) is 9.73 Å². The van der Waals surface area contributed by atoms with Crippen LogP contribution in [0.25, 0.3) is 0 Å². The van der Waals surface area contributed by atoms with Gasteiger partial charge in [-0.2, -0.15) is 0 Å². The van der Waals surface area contributed by atoms with E-state index in [2.05, 4.69) is 53.2 Å². The minimum absolute atomic E-state index is 0.587. The van der Waals surface area contributed by atoms with Gasteiger partial charge in [-0.1, -0.05) is 37.3 Å². The standard InChI is InChI=1S/C23H38N4O/c1-3-22(26-13-8-9-14-26)16-25-23(24-4-2)27-15-12-21(17-27)19-28-18-20-10-6-5-7-11-20/h5-7,10-11,21-22H,3-4,8-9,12-19H2,1-2H3,(H,24,25). The first-order chi connectivity index (χ1) is 13.8. The molecule has 2 atom stereocenters. The Labute approximate surface area is 171 Å². The van der Waals surface area contributed by atoms with Crippen molar-refractivity contribution in [2.45, 2.75) is 52.2 Å². The molecule has 0 saturated carbocycles. The summed E-state index contributed by atoms with van der Waals surface area (Å²) in [5.41, 5.74) is 1.25. The maximum Gasteiger partial charge on any atom is 0.193 e. The Kier molecular flexibility index (Phi) is 8.62. The van der Waals surface area contributed by atoms with Crippen LogP contribution >= 0.6 is 0 Å². The van der Waals surface area contributed by atoms with Crippen LogP contribution in [-0.4, -0.2) is 67.7 Å². The van der Waals surface area contributed by atoms with Crippen LogP contribution in [0.3, 0.4) is 0 Å². The van der Waals surface area contributed by atoms with Crippen molar-refractivity contribution < 1.29 is 4.74 Å². The number of ether oxygens (including phenoxy) is 1. The summed E-state index contributed by atoms with van der Waals surface area (Å²) in [7, 11) is 0. The number of benzene rings is 1. The molecule has 3 rings (SSSR count). The Morgan fingerprint density at radius 1 is 1.18 bits per heavy atom. The van der Waals surface area contributed by atoms with E-state index >= 15 is 0 Å². The first-order valence-corrected chi connectivity index (χ1v) is 11.2. The molecule has 2 aliphatic heterocycles. The van der Waals surface area contributed by atoms with Gasteiger partial charge in [0.25, 0.3) is 0 Å². The summed E-state index contributed by atoms with van der Waals surface area (Å²) in [5, 5.41) is 3.51. The Morgan fingerprint density at radius 2 is 1.96 bits per heavy atom. The predicted molar refractivity (Wildman–Crippen MR) is 117 cm³/mol. The van der Waals surface area contributed by atoms with Crippen LogP contribution in [0.1, 0.15) is 45.1 Å². The van der Waals surface area contributed by atoms with Gasteiger partial charge in [0.2, 0.25) is 0 Å². The fourth-order valence-electron chi connectivity index (χ4n) is 4.31. The van der Waals surface area contributed by atoms with Crippen molar-refractivity contribution in [3.05, 3.63) is 35.9 Å². The molecule has 5 heteroatoms. The molecule has 2 aliphatic rings. The first-order valence-electron chi connectivity index (χ1n) is 11.2. The fraction of sp³-hybridized carbons (Fsp3) is 0.696. The van der Waals surface area contributed by atoms with E-state index in [1.807, 2.05) is 6.07 Å². The summed E-state index contributed by atoms with van der Waals surface area (Å²) in [4.78, 5) is 10.1. The zero-order valence-corrected chi connectivity index (χ0v) is 17.8. The van der Waals surface area contributed by atoms with Crippen LogP contribution in [0.4, 0.5) is 0 Å². The molecule has 28 heavy (non-hydrogen) atoms. The number of aliphatic imine (C=N–C) groups is 1. The Morgan fingerprint density at radius 3 is 2.68 bits per heavy atom. The predicted octanol–water partition coefficient (Wildman–Crippen LogP) is 3.37. The Bertz CT molecular complexity index is 586. The van der Waals surface area contributed by atoms with Crippen molar-refractivity contribution in [2.75, 3.05) is 45.9 Å². The molecule has 2 saturated heterocycles. The maximum absolute atomic E-state index is 5.98. The molecule has 0 spiro atoms. The van der Waals surface area contributed by atoms with Gasteiger partial charge in [0.15, 0.2) is 5.96 Å². The van der Waals surface area contributed by atoms with E-state index < -0.39 is 0 Å². The molecule has 156 valence electrons. The summed E-state index contributed by atoms with van der Waals surface area (Å²) in [5.74, 6) is 1.68. The summed E-state index contributed by atoms with van der Waals surface area (Å²) in [6.07, 6.45) is 5.05. The van der Waals surface area contributed by atoms with Crippen LogP contribution in [0.2, 0.25) is 0 Å². The van der Waals surface area contributed by atoms with Gasteiger partial charge < -0.3 is 15.0 Å². The molecule has 2 fully saturated rings. The van der Waals surface area contributed by atoms with Crippen molar-refractivity contribution in [2.24, 2.45) is 10.9 Å². The van der Waals surface area contributed by atoms with Gasteiger partial charge in [-0.15, -0.1) is 0 Å². The quantitative estimate of drug-likeness (QED) is 0.522. The number of nitrogens with zero attached hydrogens (tertiary/aromatic N) is 3. The summed E-state index contributed by atoms with van der Waals surface area (Å²) in [6, 6.07) is 11.0. The number of guanidine groups is 1. The molecule has 2 unspecified atom stereocenters. The average molecular weight is 387 g/mol. The van der Waals surface area contributed by atoms with Crippen molar-refractivity contribution in [1.82, 2.24) is 15.1 Å². The molecule has 0 radical (unpaired) electrons. The van der Waals surface area contributed by atoms with Crippen LogP contribution in [0.5, 0.6) is 0 Å². The highest BCUT2D eigenvalue weighted by atomic mass is 16.5. The van der Waals surface area contributed by atoms with Crippen molar-refractivity contribution in [1.29, 1.82) is 0 Å². The topological polar surface area (TPSA) is 40.1 Å². The van der Waals surface area contributed by atoms with Crippen LogP contribution < -0.4 is 5.32 Å². The molecule has 1 aromatic carbocycles. The minimum atomic E-state index is 0.587. The second kappa shape index (κ2) is 11.4. The normalized spacial score (nSPS) is 22.0. The molecule has 1 aromatic rings. The number of rotatable bonds is 9. The Hall–Kier alpha value is -1.59. The lowest BCUT2D eigenvalue weighted by atomic mass is 10.1. The third kappa shape index (κ3) is 6.21. The number of hydrogen-bond donors (Lipinski definition) is 1. The van der Waals surface area contributed by atoms with Gasteiger partial charge in [-0.25, -0.2) is 0 Å². The first kappa shape index (κ1) is 21.1. The van der Waals surface area contributed by atoms with Gasteiger partial charge in [-0.05, 0) is 51.3 Å². The average Bonchev–Trinajstić information content (AvgIpc) is 3.41. The third-order valence-corrected chi connectivity index (χ3v) is 5.97. The highest BCUT2D eigenvalue weighted by molar-refractivity contribution is 5.80. The maximum atomic E-state index is 5.98. The van der Waals surface area contributed by atoms with Gasteiger partial charge >= 0.3 is 0 Å². The molecule has 0 amide bonds. The van der Waals surface area contributed by atoms with E-state index in [1.54, 1.807) is 0 Å². The van der Waals surface area contributed by atoms with Crippen molar-refractivity contribution in [3.8, 4) is 0 Å². The van der Waals surface area contributed by atoms with Gasteiger partial charge in [0.1, 0.15) is 0 Å². The smallest absolute Gasteiger partial charge is 0.193 e. The second-order valence-corrected chi connectivity index (χ2v) is 8.10. The monoisotopic (exact) mass is 386 g/mol. The lowest BCUT2D eigenvalue weighted by Gasteiger charge is -2.27. The molecule has 0 aliphatic carbocycles. The number of nitrogens with one attached hydrogen (secondary N) is 1. The fourth-order valence-corrected chi connectivity index (χ4v) is 4.31. The molecular weight excluding hydrogens is 348 g/mol. The lowest BCUT2D eigenvalue weighted by molar-refractivity contribution is 0.0906. The highest BCUT2D eigenvalue weighted by Gasteiger charge is 2.26. The summed E-state index contributed by atoms with van der Waals surface area (Å²) >= 11 is 0. The molecule has 2 heterocycles. The SMILES string of the molecule is CCNC(=NCC(CC)N1CCCC1)N1CCC(COCc2ccccc2)C1. The van der Waals surface area contributed by atoms with Crippen molar-refractivity contribution >= 4 is 5.96 Å². The van der Waals surface area contributed by atoms with Crippen LogP contribution in [-0.2, 0) is 11.3 Å². The molecule has 5 nitrogen and oxygen atoms in total. The second-order valence-electron chi connectivity index (χ2n) is 8.10. The molecule has 1 N–H and O–H groups in total. The largest absolute Gasteiger partial charge is 0.376 e. The van der Waals surface area contributed by atoms with E-state index in [0.29, 0.717) is 18.6 Å².